The van der Waals surface area contributed by atoms with Crippen LogP contribution in [-0.4, -0.2) is 20.9 Å². The van der Waals surface area contributed by atoms with Crippen LogP contribution in [0.15, 0.2) is 18.2 Å². The molecule has 0 aliphatic heterocycles. The van der Waals surface area contributed by atoms with E-state index >= 15 is 0 Å². The molecule has 15 heavy (non-hydrogen) atoms. The molecule has 6 heteroatoms. The minimum Gasteiger partial charge on any atom is -0.368 e. The zero-order chi connectivity index (χ0) is 11.0. The molecule has 0 fully saturated rings. The zero-order valence-electron chi connectivity index (χ0n) is 8.01. The Hall–Kier alpha value is -1.98. The smallest absolute Gasteiger partial charge is 0.242 e. The molecular formula is C9H9FN4O. The normalized spacial score (nSPS) is 12.9. The highest BCUT2D eigenvalue weighted by atomic mass is 19.1. The van der Waals surface area contributed by atoms with Gasteiger partial charge in [0.25, 0.3) is 0 Å². The minimum absolute atomic E-state index is 0.388. The monoisotopic (exact) mass is 208 g/mol. The second-order valence-electron chi connectivity index (χ2n) is 3.25. The van der Waals surface area contributed by atoms with Crippen LogP contribution in [0.5, 0.6) is 0 Å². The van der Waals surface area contributed by atoms with E-state index in [1.54, 1.807) is 6.92 Å². The largest absolute Gasteiger partial charge is 0.368 e. The van der Waals surface area contributed by atoms with Crippen molar-refractivity contribution >= 4 is 16.9 Å². The average Bonchev–Trinajstić information content (AvgIpc) is 2.59. The summed E-state index contributed by atoms with van der Waals surface area (Å²) in [7, 11) is 0. The van der Waals surface area contributed by atoms with Crippen molar-refractivity contribution in [3.63, 3.8) is 0 Å². The van der Waals surface area contributed by atoms with Gasteiger partial charge >= 0.3 is 0 Å². The molecule has 0 saturated heterocycles. The number of nitrogens with two attached hydrogens (primary N) is 1. The molecule has 2 rings (SSSR count). The topological polar surface area (TPSA) is 73.8 Å². The Morgan fingerprint density at radius 2 is 2.33 bits per heavy atom. The van der Waals surface area contributed by atoms with Gasteiger partial charge in [-0.15, -0.1) is 5.10 Å². The maximum Gasteiger partial charge on any atom is 0.242 e. The van der Waals surface area contributed by atoms with Crippen LogP contribution >= 0.6 is 0 Å². The first-order chi connectivity index (χ1) is 7.09. The van der Waals surface area contributed by atoms with Gasteiger partial charge in [0.15, 0.2) is 0 Å². The van der Waals surface area contributed by atoms with Crippen molar-refractivity contribution < 1.29 is 9.18 Å². The van der Waals surface area contributed by atoms with Gasteiger partial charge in [-0.2, -0.15) is 0 Å². The van der Waals surface area contributed by atoms with E-state index in [-0.39, 0.29) is 5.82 Å². The molecule has 0 bridgehead atoms. The van der Waals surface area contributed by atoms with E-state index in [1.807, 2.05) is 0 Å². The summed E-state index contributed by atoms with van der Waals surface area (Å²) in [5.41, 5.74) is 6.14. The number of halogens is 1. The fraction of sp³-hybridized carbons (Fsp3) is 0.222. The number of carbonyl (C=O) groups excluding carboxylic acids is 1. The molecule has 1 amide bonds. The quantitative estimate of drug-likeness (QED) is 0.786. The van der Waals surface area contributed by atoms with Gasteiger partial charge in [0, 0.05) is 6.07 Å². The second-order valence-corrected chi connectivity index (χ2v) is 3.25. The van der Waals surface area contributed by atoms with Gasteiger partial charge < -0.3 is 5.73 Å². The van der Waals surface area contributed by atoms with Crippen LogP contribution in [-0.2, 0) is 4.79 Å². The van der Waals surface area contributed by atoms with Crippen molar-refractivity contribution in [3.8, 4) is 0 Å². The lowest BCUT2D eigenvalue weighted by atomic mass is 10.2. The van der Waals surface area contributed by atoms with E-state index in [2.05, 4.69) is 10.3 Å². The Balaban J connectivity index is 2.59. The van der Waals surface area contributed by atoms with E-state index in [0.717, 1.165) is 0 Å². The summed E-state index contributed by atoms with van der Waals surface area (Å²) in [6, 6.07) is 3.47. The number of rotatable bonds is 2. The van der Waals surface area contributed by atoms with Gasteiger partial charge in [0.1, 0.15) is 17.4 Å². The number of nitrogens with zero attached hydrogens (tertiary/aromatic N) is 3. The molecular weight excluding hydrogens is 199 g/mol. The third kappa shape index (κ3) is 1.54. The summed E-state index contributed by atoms with van der Waals surface area (Å²) < 4.78 is 14.2. The third-order valence-corrected chi connectivity index (χ3v) is 2.21. The van der Waals surface area contributed by atoms with Crippen LogP contribution in [0.1, 0.15) is 13.0 Å². The number of hydrogen-bond donors (Lipinski definition) is 1. The molecule has 1 unspecified atom stereocenters. The van der Waals surface area contributed by atoms with Crippen molar-refractivity contribution in [1.82, 2.24) is 15.0 Å². The lowest BCUT2D eigenvalue weighted by Gasteiger charge is -2.07. The zero-order valence-corrected chi connectivity index (χ0v) is 8.01. The minimum atomic E-state index is -0.597. The fourth-order valence-corrected chi connectivity index (χ4v) is 1.32. The number of primary amides is 1. The number of fused-ring (bicyclic) bond motifs is 1. The maximum atomic E-state index is 12.8. The van der Waals surface area contributed by atoms with Gasteiger partial charge in [-0.1, -0.05) is 5.21 Å². The van der Waals surface area contributed by atoms with Crippen LogP contribution in [0.25, 0.3) is 11.0 Å². The molecule has 2 aromatic rings. The van der Waals surface area contributed by atoms with Crippen LogP contribution in [0, 0.1) is 5.82 Å². The maximum absolute atomic E-state index is 12.8. The van der Waals surface area contributed by atoms with E-state index in [4.69, 9.17) is 5.73 Å². The lowest BCUT2D eigenvalue weighted by Crippen LogP contribution is -2.24. The highest BCUT2D eigenvalue weighted by Crippen LogP contribution is 2.16. The van der Waals surface area contributed by atoms with Crippen LogP contribution in [0.3, 0.4) is 0 Å². The number of amides is 1. The standard InChI is InChI=1S/C9H9FN4O/c1-5(9(11)15)14-8-3-2-6(10)4-7(8)12-13-14/h2-5H,1H3,(H2,11,15). The molecule has 0 radical (unpaired) electrons. The van der Waals surface area contributed by atoms with Crippen molar-refractivity contribution in [2.75, 3.05) is 0 Å². The van der Waals surface area contributed by atoms with Crippen LogP contribution < -0.4 is 5.73 Å². The summed E-state index contributed by atoms with van der Waals surface area (Å²) in [6.07, 6.45) is 0. The number of carbonyl (C=O) groups is 1. The van der Waals surface area contributed by atoms with Gasteiger partial charge in [-0.05, 0) is 19.1 Å². The van der Waals surface area contributed by atoms with Gasteiger partial charge in [0.2, 0.25) is 5.91 Å². The summed E-state index contributed by atoms with van der Waals surface area (Å²) in [5.74, 6) is -0.896. The molecule has 2 N–H and O–H groups in total. The Kier molecular flexibility index (Phi) is 2.11. The van der Waals surface area contributed by atoms with E-state index in [9.17, 15) is 9.18 Å². The van der Waals surface area contributed by atoms with Crippen LogP contribution in [0.2, 0.25) is 0 Å². The molecule has 0 aliphatic rings. The molecule has 5 nitrogen and oxygen atoms in total. The van der Waals surface area contributed by atoms with Crippen LogP contribution in [0.4, 0.5) is 4.39 Å². The Bertz CT molecular complexity index is 522. The van der Waals surface area contributed by atoms with Gasteiger partial charge in [0.05, 0.1) is 5.52 Å². The third-order valence-electron chi connectivity index (χ3n) is 2.21. The lowest BCUT2D eigenvalue weighted by molar-refractivity contribution is -0.120. The number of benzene rings is 1. The molecule has 78 valence electrons. The first kappa shape index (κ1) is 9.57. The van der Waals surface area contributed by atoms with Gasteiger partial charge in [-0.25, -0.2) is 9.07 Å². The summed E-state index contributed by atoms with van der Waals surface area (Å²) in [5, 5.41) is 7.50. The molecule has 1 atom stereocenters. The highest BCUT2D eigenvalue weighted by Gasteiger charge is 2.15. The number of hydrogen-bond acceptors (Lipinski definition) is 3. The van der Waals surface area contributed by atoms with Crippen molar-refractivity contribution in [2.24, 2.45) is 5.73 Å². The predicted octanol–water partition coefficient (Wildman–Crippen LogP) is 0.617. The average molecular weight is 208 g/mol. The molecule has 1 aromatic heterocycles. The first-order valence-electron chi connectivity index (χ1n) is 4.39. The van der Waals surface area contributed by atoms with Crippen molar-refractivity contribution in [2.45, 2.75) is 13.0 Å². The predicted molar refractivity (Wildman–Crippen MR) is 51.4 cm³/mol. The van der Waals surface area contributed by atoms with E-state index < -0.39 is 11.9 Å². The second kappa shape index (κ2) is 3.30. The van der Waals surface area contributed by atoms with Crippen molar-refractivity contribution in [1.29, 1.82) is 0 Å². The fourth-order valence-electron chi connectivity index (χ4n) is 1.32. The summed E-state index contributed by atoms with van der Waals surface area (Å²) >= 11 is 0. The Labute approximate surface area is 84.7 Å². The molecule has 0 spiro atoms. The summed E-state index contributed by atoms with van der Waals surface area (Å²) in [4.78, 5) is 11.0. The SMILES string of the molecule is CC(C(N)=O)n1nnc2cc(F)ccc21. The van der Waals surface area contributed by atoms with E-state index in [1.165, 1.54) is 22.9 Å². The molecule has 1 aromatic carbocycles. The first-order valence-corrected chi connectivity index (χ1v) is 4.39. The van der Waals surface area contributed by atoms with Crippen molar-refractivity contribution in [3.05, 3.63) is 24.0 Å². The Morgan fingerprint density at radius 1 is 1.60 bits per heavy atom. The van der Waals surface area contributed by atoms with Gasteiger partial charge in [-0.3, -0.25) is 4.79 Å². The molecule has 0 aliphatic carbocycles. The number of aromatic nitrogens is 3. The molecule has 0 saturated carbocycles. The van der Waals surface area contributed by atoms with E-state index in [0.29, 0.717) is 11.0 Å². The molecule has 1 heterocycles. The summed E-state index contributed by atoms with van der Waals surface area (Å²) in [6.45, 7) is 1.61. The Morgan fingerprint density at radius 3 is 3.00 bits per heavy atom. The highest BCUT2D eigenvalue weighted by molar-refractivity contribution is 5.81.